The molecule has 0 aliphatic carbocycles. The van der Waals surface area contributed by atoms with E-state index in [2.05, 4.69) is 20.3 Å². The van der Waals surface area contributed by atoms with E-state index in [1.807, 2.05) is 60.7 Å². The van der Waals surface area contributed by atoms with Gasteiger partial charge in [0.15, 0.2) is 0 Å². The van der Waals surface area contributed by atoms with Gasteiger partial charge in [-0.15, -0.1) is 0 Å². The van der Waals surface area contributed by atoms with Gasteiger partial charge in [0.2, 0.25) is 11.7 Å². The number of fused-ring (bicyclic) bond motifs is 1. The summed E-state index contributed by atoms with van der Waals surface area (Å²) in [6, 6.07) is 15.8. The van der Waals surface area contributed by atoms with Crippen molar-refractivity contribution in [3.8, 4) is 11.4 Å². The first-order chi connectivity index (χ1) is 12.3. The van der Waals surface area contributed by atoms with Crippen LogP contribution in [-0.4, -0.2) is 32.1 Å². The molecule has 6 heteroatoms. The molecule has 25 heavy (non-hydrogen) atoms. The Morgan fingerprint density at radius 2 is 1.88 bits per heavy atom. The molecule has 6 nitrogen and oxygen atoms in total. The lowest BCUT2D eigenvalue weighted by atomic mass is 10.1. The molecule has 0 radical (unpaired) electrons. The summed E-state index contributed by atoms with van der Waals surface area (Å²) in [5, 5.41) is 21.4. The molecule has 0 saturated carbocycles. The van der Waals surface area contributed by atoms with Crippen LogP contribution in [0.5, 0.6) is 0 Å². The molecule has 0 saturated heterocycles. The summed E-state index contributed by atoms with van der Waals surface area (Å²) in [6.45, 7) is -0.0184. The van der Waals surface area contributed by atoms with Gasteiger partial charge in [-0.25, -0.2) is 0 Å². The Morgan fingerprint density at radius 3 is 2.80 bits per heavy atom. The Hall–Kier alpha value is -3.25. The lowest BCUT2D eigenvalue weighted by Gasteiger charge is -2.00. The van der Waals surface area contributed by atoms with Crippen molar-refractivity contribution in [1.82, 2.24) is 20.3 Å². The molecular formula is C19H16N4O2. The number of aromatic amines is 1. The van der Waals surface area contributed by atoms with E-state index in [4.69, 9.17) is 9.63 Å². The van der Waals surface area contributed by atoms with E-state index in [0.29, 0.717) is 18.1 Å². The van der Waals surface area contributed by atoms with E-state index in [1.54, 1.807) is 0 Å². The number of aliphatic hydroxyl groups excluding tert-OH is 1. The molecule has 0 bridgehead atoms. The Labute approximate surface area is 143 Å². The summed E-state index contributed by atoms with van der Waals surface area (Å²) in [6.07, 6.45) is 4.30. The predicted octanol–water partition coefficient (Wildman–Crippen LogP) is 3.32. The summed E-state index contributed by atoms with van der Waals surface area (Å²) in [4.78, 5) is 4.33. The lowest BCUT2D eigenvalue weighted by molar-refractivity contribution is 0.274. The van der Waals surface area contributed by atoms with Crippen molar-refractivity contribution in [3.05, 3.63) is 65.7 Å². The van der Waals surface area contributed by atoms with E-state index >= 15 is 0 Å². The monoisotopic (exact) mass is 332 g/mol. The third-order valence-corrected chi connectivity index (χ3v) is 3.92. The second-order valence-electron chi connectivity index (χ2n) is 5.56. The second kappa shape index (κ2) is 6.70. The molecule has 0 fully saturated rings. The minimum absolute atomic E-state index is 0.0184. The number of rotatable bonds is 5. The Morgan fingerprint density at radius 1 is 1.04 bits per heavy atom. The highest BCUT2D eigenvalue weighted by atomic mass is 16.5. The van der Waals surface area contributed by atoms with Crippen molar-refractivity contribution < 1.29 is 9.63 Å². The van der Waals surface area contributed by atoms with Crippen LogP contribution in [0.2, 0.25) is 0 Å². The van der Waals surface area contributed by atoms with Crippen LogP contribution in [0, 0.1) is 0 Å². The van der Waals surface area contributed by atoms with Gasteiger partial charge in [-0.2, -0.15) is 10.1 Å². The van der Waals surface area contributed by atoms with Gasteiger partial charge in [0.25, 0.3) is 0 Å². The molecule has 2 aromatic carbocycles. The first-order valence-corrected chi connectivity index (χ1v) is 7.99. The van der Waals surface area contributed by atoms with Crippen LogP contribution in [0.3, 0.4) is 0 Å². The van der Waals surface area contributed by atoms with Crippen LogP contribution >= 0.6 is 0 Å². The van der Waals surface area contributed by atoms with Crippen LogP contribution in [0.15, 0.2) is 53.1 Å². The normalized spacial score (nSPS) is 11.6. The number of nitrogens with zero attached hydrogens (tertiary/aromatic N) is 3. The molecule has 2 aromatic heterocycles. The van der Waals surface area contributed by atoms with Gasteiger partial charge in [0.05, 0.1) is 24.2 Å². The number of hydrogen-bond donors (Lipinski definition) is 2. The zero-order valence-corrected chi connectivity index (χ0v) is 13.4. The highest BCUT2D eigenvalue weighted by Gasteiger charge is 2.11. The number of para-hydroxylation sites is 1. The van der Waals surface area contributed by atoms with Crippen LogP contribution in [0.25, 0.3) is 34.4 Å². The molecule has 0 spiro atoms. The molecule has 4 aromatic rings. The summed E-state index contributed by atoms with van der Waals surface area (Å²) >= 11 is 0. The third kappa shape index (κ3) is 3.07. The zero-order chi connectivity index (χ0) is 17.1. The second-order valence-corrected chi connectivity index (χ2v) is 5.56. The van der Waals surface area contributed by atoms with Gasteiger partial charge in [-0.3, -0.25) is 5.10 Å². The first kappa shape index (κ1) is 15.3. The number of hydrogen-bond acceptors (Lipinski definition) is 5. The summed E-state index contributed by atoms with van der Waals surface area (Å²) in [5.74, 6) is 0.935. The Kier molecular flexibility index (Phi) is 4.10. The van der Waals surface area contributed by atoms with Crippen molar-refractivity contribution in [2.75, 3.05) is 6.61 Å². The van der Waals surface area contributed by atoms with Crippen molar-refractivity contribution in [2.45, 2.75) is 6.42 Å². The molecule has 0 atom stereocenters. The Balaban J connectivity index is 1.69. The number of nitrogens with one attached hydrogen (secondary N) is 1. The fraction of sp³-hybridized carbons (Fsp3) is 0.105. The van der Waals surface area contributed by atoms with Crippen LogP contribution in [0.4, 0.5) is 0 Å². The lowest BCUT2D eigenvalue weighted by Crippen LogP contribution is -1.90. The van der Waals surface area contributed by atoms with Crippen molar-refractivity contribution >= 4 is 23.1 Å². The molecular weight excluding hydrogens is 316 g/mol. The smallest absolute Gasteiger partial charge is 0.229 e. The third-order valence-electron chi connectivity index (χ3n) is 3.92. The maximum absolute atomic E-state index is 8.98. The van der Waals surface area contributed by atoms with Crippen molar-refractivity contribution in [1.29, 1.82) is 0 Å². The molecule has 0 aliphatic rings. The van der Waals surface area contributed by atoms with Gasteiger partial charge >= 0.3 is 0 Å². The number of aromatic nitrogens is 4. The highest BCUT2D eigenvalue weighted by molar-refractivity contribution is 5.90. The fourth-order valence-corrected chi connectivity index (χ4v) is 2.69. The van der Waals surface area contributed by atoms with Crippen LogP contribution in [0.1, 0.15) is 17.1 Å². The van der Waals surface area contributed by atoms with E-state index in [1.165, 1.54) is 0 Å². The van der Waals surface area contributed by atoms with Crippen molar-refractivity contribution in [3.63, 3.8) is 0 Å². The quantitative estimate of drug-likeness (QED) is 0.585. The number of benzene rings is 2. The molecule has 2 heterocycles. The fourth-order valence-electron chi connectivity index (χ4n) is 2.69. The molecule has 124 valence electrons. The van der Waals surface area contributed by atoms with Crippen molar-refractivity contribution in [2.24, 2.45) is 0 Å². The Bertz CT molecular complexity index is 1030. The minimum atomic E-state index is -0.0184. The zero-order valence-electron chi connectivity index (χ0n) is 13.4. The SMILES string of the molecule is OCCc1nc(-c2ccccc2C=Cc2n[nH]c3ccccc23)no1. The summed E-state index contributed by atoms with van der Waals surface area (Å²) in [7, 11) is 0. The van der Waals surface area contributed by atoms with E-state index in [0.717, 1.165) is 27.7 Å². The minimum Gasteiger partial charge on any atom is -0.396 e. The number of H-pyrrole nitrogens is 1. The molecule has 2 N–H and O–H groups in total. The van der Waals surface area contributed by atoms with E-state index in [-0.39, 0.29) is 6.61 Å². The van der Waals surface area contributed by atoms with Gasteiger partial charge in [0.1, 0.15) is 0 Å². The van der Waals surface area contributed by atoms with Gasteiger partial charge in [-0.05, 0) is 17.7 Å². The van der Waals surface area contributed by atoms with Gasteiger partial charge < -0.3 is 9.63 Å². The topological polar surface area (TPSA) is 87.8 Å². The largest absolute Gasteiger partial charge is 0.396 e. The molecule has 0 aliphatic heterocycles. The standard InChI is InChI=1S/C19H16N4O2/c24-12-11-18-20-19(23-25-18)14-6-2-1-5-13(14)9-10-17-15-7-3-4-8-16(15)21-22-17/h1-10,24H,11-12H2,(H,21,22). The van der Waals surface area contributed by atoms with Crippen LogP contribution in [-0.2, 0) is 6.42 Å². The highest BCUT2D eigenvalue weighted by Crippen LogP contribution is 2.24. The van der Waals surface area contributed by atoms with E-state index < -0.39 is 0 Å². The summed E-state index contributed by atoms with van der Waals surface area (Å²) in [5.41, 5.74) is 3.71. The predicted molar refractivity (Wildman–Crippen MR) is 95.5 cm³/mol. The molecule has 0 amide bonds. The maximum atomic E-state index is 8.98. The van der Waals surface area contributed by atoms with E-state index in [9.17, 15) is 0 Å². The molecule has 4 rings (SSSR count). The van der Waals surface area contributed by atoms with Gasteiger partial charge in [-0.1, -0.05) is 53.7 Å². The average molecular weight is 332 g/mol. The number of aliphatic hydroxyl groups is 1. The molecule has 0 unspecified atom stereocenters. The van der Waals surface area contributed by atoms with Crippen LogP contribution < -0.4 is 0 Å². The first-order valence-electron chi connectivity index (χ1n) is 7.99. The summed E-state index contributed by atoms with van der Waals surface area (Å²) < 4.78 is 5.16. The van der Waals surface area contributed by atoms with Gasteiger partial charge in [0, 0.05) is 10.9 Å². The average Bonchev–Trinajstić information content (AvgIpc) is 3.28. The maximum Gasteiger partial charge on any atom is 0.229 e.